The lowest BCUT2D eigenvalue weighted by Gasteiger charge is -2.29. The normalized spacial score (nSPS) is 20.4. The van der Waals surface area contributed by atoms with E-state index in [9.17, 15) is 4.79 Å². The number of benzene rings is 1. The number of nitrogens with zero attached hydrogens (tertiary/aromatic N) is 1. The zero-order valence-electron chi connectivity index (χ0n) is 14.0. The lowest BCUT2D eigenvalue weighted by Crippen LogP contribution is -2.41. The zero-order valence-corrected chi connectivity index (χ0v) is 14.8. The van der Waals surface area contributed by atoms with Crippen molar-refractivity contribution >= 4 is 29.3 Å². The van der Waals surface area contributed by atoms with Gasteiger partial charge in [0.05, 0.1) is 14.2 Å². The molecule has 1 saturated heterocycles. The maximum atomic E-state index is 12.8. The molecule has 1 aliphatic heterocycles. The van der Waals surface area contributed by atoms with Crippen molar-refractivity contribution in [2.75, 3.05) is 14.2 Å². The third kappa shape index (κ3) is 3.11. The van der Waals surface area contributed by atoms with Gasteiger partial charge in [-0.1, -0.05) is 31.4 Å². The second-order valence-electron chi connectivity index (χ2n) is 6.04. The molecular weight excluding hydrogens is 324 g/mol. The van der Waals surface area contributed by atoms with Gasteiger partial charge in [0, 0.05) is 11.6 Å². The van der Waals surface area contributed by atoms with E-state index in [1.165, 1.54) is 6.42 Å². The van der Waals surface area contributed by atoms with Crippen LogP contribution in [0.2, 0.25) is 0 Å². The Morgan fingerprint density at radius 2 is 1.96 bits per heavy atom. The molecule has 5 nitrogen and oxygen atoms in total. The van der Waals surface area contributed by atoms with E-state index in [-0.39, 0.29) is 11.9 Å². The first-order chi connectivity index (χ1) is 11.7. The Balaban J connectivity index is 1.89. The van der Waals surface area contributed by atoms with Crippen LogP contribution < -0.4 is 14.8 Å². The first-order valence-electron chi connectivity index (χ1n) is 8.23. The van der Waals surface area contributed by atoms with E-state index in [1.54, 1.807) is 25.2 Å². The highest BCUT2D eigenvalue weighted by Gasteiger charge is 2.36. The van der Waals surface area contributed by atoms with E-state index in [0.29, 0.717) is 22.3 Å². The Morgan fingerprint density at radius 1 is 1.21 bits per heavy atom. The highest BCUT2D eigenvalue weighted by Crippen LogP contribution is 2.33. The van der Waals surface area contributed by atoms with E-state index in [2.05, 4.69) is 5.32 Å². The van der Waals surface area contributed by atoms with E-state index >= 15 is 0 Å². The highest BCUT2D eigenvalue weighted by molar-refractivity contribution is 7.80. The number of carbonyl (C=O) groups excluding carboxylic acids is 1. The van der Waals surface area contributed by atoms with Gasteiger partial charge >= 0.3 is 0 Å². The number of hydrogen-bond donors (Lipinski definition) is 1. The lowest BCUT2D eigenvalue weighted by molar-refractivity contribution is -0.124. The average Bonchev–Trinajstić information content (AvgIpc) is 2.89. The predicted octanol–water partition coefficient (Wildman–Crippen LogP) is 3.09. The van der Waals surface area contributed by atoms with Crippen LogP contribution in [0.4, 0.5) is 0 Å². The van der Waals surface area contributed by atoms with Crippen LogP contribution in [-0.4, -0.2) is 36.2 Å². The van der Waals surface area contributed by atoms with Crippen LogP contribution >= 0.6 is 12.2 Å². The summed E-state index contributed by atoms with van der Waals surface area (Å²) in [6, 6.07) is 5.79. The zero-order chi connectivity index (χ0) is 17.1. The Kier molecular flexibility index (Phi) is 5.04. The summed E-state index contributed by atoms with van der Waals surface area (Å²) in [7, 11) is 3.18. The van der Waals surface area contributed by atoms with Crippen molar-refractivity contribution in [3.63, 3.8) is 0 Å². The predicted molar refractivity (Wildman–Crippen MR) is 97.0 cm³/mol. The number of para-hydroxylation sites is 1. The summed E-state index contributed by atoms with van der Waals surface area (Å²) in [4.78, 5) is 14.6. The number of amides is 1. The van der Waals surface area contributed by atoms with E-state index in [4.69, 9.17) is 21.7 Å². The summed E-state index contributed by atoms with van der Waals surface area (Å²) < 4.78 is 10.7. The summed E-state index contributed by atoms with van der Waals surface area (Å²) in [5.74, 6) is 1.17. The van der Waals surface area contributed by atoms with Gasteiger partial charge < -0.3 is 14.8 Å². The number of hydrogen-bond acceptors (Lipinski definition) is 4. The minimum atomic E-state index is -0.0585. The van der Waals surface area contributed by atoms with Crippen LogP contribution in [0.15, 0.2) is 23.9 Å². The van der Waals surface area contributed by atoms with E-state index < -0.39 is 0 Å². The summed E-state index contributed by atoms with van der Waals surface area (Å²) in [5.41, 5.74) is 1.26. The lowest BCUT2D eigenvalue weighted by atomic mass is 9.94. The Bertz CT molecular complexity index is 681. The largest absolute Gasteiger partial charge is 0.493 e. The average molecular weight is 346 g/mol. The van der Waals surface area contributed by atoms with Crippen LogP contribution in [0.3, 0.4) is 0 Å². The minimum Gasteiger partial charge on any atom is -0.493 e. The first kappa shape index (κ1) is 16.8. The fourth-order valence-electron chi connectivity index (χ4n) is 3.40. The molecule has 1 amide bonds. The Morgan fingerprint density at radius 3 is 2.62 bits per heavy atom. The molecule has 2 fully saturated rings. The summed E-state index contributed by atoms with van der Waals surface area (Å²) in [5, 5.41) is 3.56. The van der Waals surface area contributed by atoms with Gasteiger partial charge in [0.15, 0.2) is 16.6 Å². The van der Waals surface area contributed by atoms with Crippen LogP contribution in [-0.2, 0) is 4.79 Å². The molecule has 3 rings (SSSR count). The van der Waals surface area contributed by atoms with Gasteiger partial charge in [0.25, 0.3) is 5.91 Å². The Hall–Kier alpha value is -2.08. The molecule has 1 aliphatic carbocycles. The van der Waals surface area contributed by atoms with Crippen molar-refractivity contribution in [3.05, 3.63) is 29.5 Å². The molecule has 0 aromatic heterocycles. The SMILES string of the molecule is COc1cccc(/C=C2\NC(=S)N(C3CCCCC3)C2=O)c1OC. The highest BCUT2D eigenvalue weighted by atomic mass is 32.1. The van der Waals surface area contributed by atoms with Crippen molar-refractivity contribution in [2.24, 2.45) is 0 Å². The molecule has 1 aromatic rings. The summed E-state index contributed by atoms with van der Waals surface area (Å²) in [6.07, 6.45) is 7.35. The van der Waals surface area contributed by atoms with Gasteiger partial charge in [-0.3, -0.25) is 9.69 Å². The van der Waals surface area contributed by atoms with Crippen LogP contribution in [0, 0.1) is 0 Å². The van der Waals surface area contributed by atoms with Crippen molar-refractivity contribution in [2.45, 2.75) is 38.1 Å². The second kappa shape index (κ2) is 7.21. The molecule has 0 bridgehead atoms. The fourth-order valence-corrected chi connectivity index (χ4v) is 3.74. The van der Waals surface area contributed by atoms with Crippen molar-refractivity contribution in [3.8, 4) is 11.5 Å². The van der Waals surface area contributed by atoms with Gasteiger partial charge in [-0.2, -0.15) is 0 Å². The van der Waals surface area contributed by atoms with Gasteiger partial charge in [-0.15, -0.1) is 0 Å². The molecule has 1 saturated carbocycles. The molecule has 0 spiro atoms. The number of ether oxygens (including phenoxy) is 2. The molecule has 2 aliphatic rings. The fraction of sp³-hybridized carbons (Fsp3) is 0.444. The van der Waals surface area contributed by atoms with Gasteiger partial charge in [-0.25, -0.2) is 0 Å². The maximum absolute atomic E-state index is 12.8. The van der Waals surface area contributed by atoms with Gasteiger partial charge in [0.1, 0.15) is 5.70 Å². The third-order valence-electron chi connectivity index (χ3n) is 4.58. The minimum absolute atomic E-state index is 0.0585. The molecule has 0 atom stereocenters. The standard InChI is InChI=1S/C18H22N2O3S/c1-22-15-10-6-7-12(16(15)23-2)11-14-17(21)20(18(24)19-14)13-8-4-3-5-9-13/h6-7,10-11,13H,3-5,8-9H2,1-2H3,(H,19,24)/b14-11-. The van der Waals surface area contributed by atoms with Crippen LogP contribution in [0.1, 0.15) is 37.7 Å². The number of rotatable bonds is 4. The smallest absolute Gasteiger partial charge is 0.276 e. The van der Waals surface area contributed by atoms with E-state index in [1.807, 2.05) is 18.2 Å². The Labute approximate surface area is 147 Å². The molecule has 1 heterocycles. The van der Waals surface area contributed by atoms with Gasteiger partial charge in [0.2, 0.25) is 0 Å². The molecule has 128 valence electrons. The molecule has 0 radical (unpaired) electrons. The third-order valence-corrected chi connectivity index (χ3v) is 4.88. The van der Waals surface area contributed by atoms with Gasteiger partial charge in [-0.05, 0) is 37.2 Å². The molecular formula is C18H22N2O3S. The second-order valence-corrected chi connectivity index (χ2v) is 6.42. The molecule has 1 aromatic carbocycles. The molecule has 1 N–H and O–H groups in total. The van der Waals surface area contributed by atoms with Crippen molar-refractivity contribution in [1.29, 1.82) is 0 Å². The van der Waals surface area contributed by atoms with Crippen molar-refractivity contribution in [1.82, 2.24) is 10.2 Å². The number of carbonyl (C=O) groups is 1. The van der Waals surface area contributed by atoms with E-state index in [0.717, 1.165) is 31.2 Å². The number of thiocarbonyl (C=S) groups is 1. The molecule has 24 heavy (non-hydrogen) atoms. The van der Waals surface area contributed by atoms with Crippen molar-refractivity contribution < 1.29 is 14.3 Å². The monoisotopic (exact) mass is 346 g/mol. The van der Waals surface area contributed by atoms with Crippen LogP contribution in [0.5, 0.6) is 11.5 Å². The molecule has 6 heteroatoms. The maximum Gasteiger partial charge on any atom is 0.276 e. The molecule has 0 unspecified atom stereocenters. The number of nitrogens with one attached hydrogen (secondary N) is 1. The summed E-state index contributed by atoms with van der Waals surface area (Å²) >= 11 is 5.40. The first-order valence-corrected chi connectivity index (χ1v) is 8.63. The quantitative estimate of drug-likeness (QED) is 0.671. The topological polar surface area (TPSA) is 50.8 Å². The number of methoxy groups -OCH3 is 2. The summed E-state index contributed by atoms with van der Waals surface area (Å²) in [6.45, 7) is 0. The van der Waals surface area contributed by atoms with Crippen LogP contribution in [0.25, 0.3) is 6.08 Å².